The van der Waals surface area contributed by atoms with Crippen LogP contribution in [-0.2, 0) is 0 Å². The van der Waals surface area contributed by atoms with E-state index < -0.39 is 0 Å². The Kier molecular flexibility index (Phi) is 2.22. The first kappa shape index (κ1) is 7.01. The van der Waals surface area contributed by atoms with Crippen molar-refractivity contribution in [2.45, 2.75) is 0 Å². The Morgan fingerprint density at radius 2 is 2.50 bits per heavy atom. The lowest BCUT2D eigenvalue weighted by Crippen LogP contribution is -1.96. The molecule has 54 valence electrons. The van der Waals surface area contributed by atoms with E-state index in [1.54, 1.807) is 6.08 Å². The Labute approximate surface area is 62.8 Å². The largest absolute Gasteiger partial charge is 0.374 e. The van der Waals surface area contributed by atoms with E-state index in [1.165, 1.54) is 11.3 Å². The van der Waals surface area contributed by atoms with Crippen molar-refractivity contribution in [1.82, 2.24) is 10.2 Å². The number of nitrogens with zero attached hydrogens (tertiary/aromatic N) is 2. The minimum absolute atomic E-state index is 0.478. The molecule has 0 saturated heterocycles. The Morgan fingerprint density at radius 3 is 3.00 bits per heavy atom. The Balaban J connectivity index is 2.49. The lowest BCUT2D eigenvalue weighted by molar-refractivity contribution is 1.09. The monoisotopic (exact) mass is 156 g/mol. The number of hydrogen-bond acceptors (Lipinski definition) is 5. The van der Waals surface area contributed by atoms with Crippen LogP contribution in [-0.4, -0.2) is 16.7 Å². The van der Waals surface area contributed by atoms with Gasteiger partial charge in [-0.3, -0.25) is 0 Å². The van der Waals surface area contributed by atoms with Crippen molar-refractivity contribution in [2.75, 3.05) is 17.6 Å². The molecule has 10 heavy (non-hydrogen) atoms. The molecule has 5 heteroatoms. The predicted molar refractivity (Wildman–Crippen MR) is 43.0 cm³/mol. The minimum atomic E-state index is 0.478. The van der Waals surface area contributed by atoms with Crippen LogP contribution >= 0.6 is 11.3 Å². The van der Waals surface area contributed by atoms with Crippen LogP contribution < -0.4 is 11.1 Å². The molecule has 0 fully saturated rings. The molecule has 1 aromatic rings. The quantitative estimate of drug-likeness (QED) is 0.633. The topological polar surface area (TPSA) is 63.8 Å². The molecule has 0 saturated carbocycles. The van der Waals surface area contributed by atoms with Crippen molar-refractivity contribution in [3.8, 4) is 0 Å². The van der Waals surface area contributed by atoms with E-state index in [9.17, 15) is 0 Å². The zero-order chi connectivity index (χ0) is 7.40. The van der Waals surface area contributed by atoms with Crippen molar-refractivity contribution < 1.29 is 0 Å². The van der Waals surface area contributed by atoms with Gasteiger partial charge >= 0.3 is 0 Å². The Morgan fingerprint density at radius 1 is 1.70 bits per heavy atom. The molecule has 0 atom stereocenters. The first-order chi connectivity index (χ1) is 4.83. The van der Waals surface area contributed by atoms with Gasteiger partial charge in [0.25, 0.3) is 0 Å². The molecule has 0 radical (unpaired) electrons. The average Bonchev–Trinajstić information content (AvgIpc) is 2.31. The van der Waals surface area contributed by atoms with Gasteiger partial charge in [-0.1, -0.05) is 17.4 Å². The van der Waals surface area contributed by atoms with Crippen LogP contribution in [0.2, 0.25) is 0 Å². The van der Waals surface area contributed by atoms with Gasteiger partial charge in [0.1, 0.15) is 0 Å². The molecule has 0 aliphatic carbocycles. The van der Waals surface area contributed by atoms with Crippen molar-refractivity contribution in [2.24, 2.45) is 0 Å². The summed E-state index contributed by atoms with van der Waals surface area (Å²) in [6, 6.07) is 0. The lowest BCUT2D eigenvalue weighted by Gasteiger charge is -1.91. The highest BCUT2D eigenvalue weighted by Crippen LogP contribution is 2.15. The molecule has 0 unspecified atom stereocenters. The third-order valence-electron chi connectivity index (χ3n) is 0.838. The molecular weight excluding hydrogens is 148 g/mol. The summed E-state index contributed by atoms with van der Waals surface area (Å²) in [5.41, 5.74) is 5.33. The molecule has 1 heterocycles. The second-order valence-electron chi connectivity index (χ2n) is 1.62. The zero-order valence-electron chi connectivity index (χ0n) is 5.37. The third kappa shape index (κ3) is 1.70. The van der Waals surface area contributed by atoms with Crippen molar-refractivity contribution in [3.63, 3.8) is 0 Å². The summed E-state index contributed by atoms with van der Waals surface area (Å²) >= 11 is 1.32. The fraction of sp³-hybridized carbons (Fsp3) is 0.200. The summed E-state index contributed by atoms with van der Waals surface area (Å²) in [4.78, 5) is 0. The van der Waals surface area contributed by atoms with Gasteiger partial charge in [-0.05, 0) is 0 Å². The van der Waals surface area contributed by atoms with Gasteiger partial charge in [-0.25, -0.2) is 0 Å². The number of nitrogens with one attached hydrogen (secondary N) is 1. The summed E-state index contributed by atoms with van der Waals surface area (Å²) < 4.78 is 0. The van der Waals surface area contributed by atoms with Gasteiger partial charge in [-0.15, -0.1) is 16.8 Å². The maximum absolute atomic E-state index is 5.33. The standard InChI is InChI=1S/C5H8N4S/c1-2-3-7-5-9-8-4(6)10-5/h2H,1,3H2,(H2,6,8)(H,7,9). The predicted octanol–water partition coefficient (Wildman–Crippen LogP) is 0.718. The summed E-state index contributed by atoms with van der Waals surface area (Å²) in [7, 11) is 0. The first-order valence-electron chi connectivity index (χ1n) is 2.76. The third-order valence-corrected chi connectivity index (χ3v) is 1.55. The van der Waals surface area contributed by atoms with Crippen LogP contribution in [0.25, 0.3) is 0 Å². The van der Waals surface area contributed by atoms with Crippen molar-refractivity contribution >= 4 is 21.6 Å². The van der Waals surface area contributed by atoms with E-state index >= 15 is 0 Å². The number of anilines is 2. The summed E-state index contributed by atoms with van der Waals surface area (Å²) in [5, 5.41) is 11.5. The van der Waals surface area contributed by atoms with Crippen LogP contribution in [0.15, 0.2) is 12.7 Å². The number of aromatic nitrogens is 2. The molecule has 3 N–H and O–H groups in total. The molecule has 1 rings (SSSR count). The highest BCUT2D eigenvalue weighted by molar-refractivity contribution is 7.18. The zero-order valence-corrected chi connectivity index (χ0v) is 6.19. The van der Waals surface area contributed by atoms with E-state index in [0.29, 0.717) is 11.7 Å². The number of rotatable bonds is 3. The lowest BCUT2D eigenvalue weighted by atomic mass is 10.6. The molecule has 0 aromatic carbocycles. The molecule has 0 aliphatic heterocycles. The van der Waals surface area contributed by atoms with E-state index in [0.717, 1.165) is 5.13 Å². The molecule has 0 aliphatic rings. The number of nitrogen functional groups attached to an aromatic ring is 1. The number of hydrogen-bond donors (Lipinski definition) is 2. The Bertz CT molecular complexity index is 219. The van der Waals surface area contributed by atoms with Crippen molar-refractivity contribution in [3.05, 3.63) is 12.7 Å². The van der Waals surface area contributed by atoms with Gasteiger partial charge < -0.3 is 11.1 Å². The maximum Gasteiger partial charge on any atom is 0.207 e. The van der Waals surface area contributed by atoms with Gasteiger partial charge in [0, 0.05) is 6.54 Å². The van der Waals surface area contributed by atoms with Crippen LogP contribution in [0.3, 0.4) is 0 Å². The van der Waals surface area contributed by atoms with E-state index in [1.807, 2.05) is 0 Å². The van der Waals surface area contributed by atoms with Crippen molar-refractivity contribution in [1.29, 1.82) is 0 Å². The van der Waals surface area contributed by atoms with Gasteiger partial charge in [0.2, 0.25) is 10.3 Å². The molecule has 0 bridgehead atoms. The van der Waals surface area contributed by atoms with E-state index in [-0.39, 0.29) is 0 Å². The van der Waals surface area contributed by atoms with E-state index in [2.05, 4.69) is 22.1 Å². The molecule has 4 nitrogen and oxygen atoms in total. The smallest absolute Gasteiger partial charge is 0.207 e. The van der Waals surface area contributed by atoms with Crippen LogP contribution in [0, 0.1) is 0 Å². The Hall–Kier alpha value is -1.10. The molecule has 0 spiro atoms. The van der Waals surface area contributed by atoms with Gasteiger partial charge in [0.15, 0.2) is 0 Å². The highest BCUT2D eigenvalue weighted by atomic mass is 32.1. The highest BCUT2D eigenvalue weighted by Gasteiger charge is 1.95. The first-order valence-corrected chi connectivity index (χ1v) is 3.58. The van der Waals surface area contributed by atoms with Crippen LogP contribution in [0.1, 0.15) is 0 Å². The van der Waals surface area contributed by atoms with Gasteiger partial charge in [0.05, 0.1) is 0 Å². The second kappa shape index (κ2) is 3.17. The fourth-order valence-corrected chi connectivity index (χ4v) is 0.982. The van der Waals surface area contributed by atoms with E-state index in [4.69, 9.17) is 5.73 Å². The fourth-order valence-electron chi connectivity index (χ4n) is 0.465. The molecular formula is C5H8N4S. The SMILES string of the molecule is C=CCNc1nnc(N)s1. The van der Waals surface area contributed by atoms with Gasteiger partial charge in [-0.2, -0.15) is 0 Å². The normalized spacial score (nSPS) is 9.20. The summed E-state index contributed by atoms with van der Waals surface area (Å²) in [5.74, 6) is 0. The van der Waals surface area contributed by atoms with Crippen LogP contribution in [0.5, 0.6) is 0 Å². The summed E-state index contributed by atoms with van der Waals surface area (Å²) in [6.45, 7) is 4.23. The minimum Gasteiger partial charge on any atom is -0.374 e. The molecule has 1 aromatic heterocycles. The second-order valence-corrected chi connectivity index (χ2v) is 2.62. The van der Waals surface area contributed by atoms with Crippen LogP contribution in [0.4, 0.5) is 10.3 Å². The molecule has 0 amide bonds. The number of nitrogens with two attached hydrogens (primary N) is 1. The average molecular weight is 156 g/mol. The maximum atomic E-state index is 5.33. The summed E-state index contributed by atoms with van der Waals surface area (Å²) in [6.07, 6.45) is 1.75.